The summed E-state index contributed by atoms with van der Waals surface area (Å²) in [4.78, 5) is 0. The highest BCUT2D eigenvalue weighted by molar-refractivity contribution is 6.32. The van der Waals surface area contributed by atoms with Gasteiger partial charge in [-0.05, 0) is 50.2 Å². The van der Waals surface area contributed by atoms with Crippen LogP contribution in [0.15, 0.2) is 36.4 Å². The lowest BCUT2D eigenvalue weighted by molar-refractivity contribution is 0.151. The molecular formula is C17H16ClF2NO2. The average Bonchev–Trinajstić information content (AvgIpc) is 2.55. The smallest absolute Gasteiger partial charge is 0.198 e. The van der Waals surface area contributed by atoms with Crippen molar-refractivity contribution in [1.82, 2.24) is 5.32 Å². The molecule has 0 atom stereocenters. The Kier molecular flexibility index (Phi) is 4.98. The Morgan fingerprint density at radius 2 is 1.61 bits per heavy atom. The van der Waals surface area contributed by atoms with Crippen LogP contribution in [0.4, 0.5) is 8.78 Å². The van der Waals surface area contributed by atoms with Gasteiger partial charge in [0.15, 0.2) is 28.9 Å². The Bertz CT molecular complexity index is 670. The molecule has 3 rings (SSSR count). The normalized spacial score (nSPS) is 15.4. The topological polar surface area (TPSA) is 30.5 Å². The number of benzene rings is 2. The summed E-state index contributed by atoms with van der Waals surface area (Å²) in [6.07, 6.45) is 1.44. The zero-order valence-corrected chi connectivity index (χ0v) is 13.1. The first kappa shape index (κ1) is 16.0. The second-order valence-electron chi connectivity index (χ2n) is 5.29. The summed E-state index contributed by atoms with van der Waals surface area (Å²) in [5.74, 6) is -1.22. The van der Waals surface area contributed by atoms with Crippen molar-refractivity contribution in [2.45, 2.75) is 18.9 Å². The summed E-state index contributed by atoms with van der Waals surface area (Å²) in [7, 11) is 0. The number of hydrogen-bond donors (Lipinski definition) is 1. The van der Waals surface area contributed by atoms with E-state index in [-0.39, 0.29) is 28.4 Å². The highest BCUT2D eigenvalue weighted by Crippen LogP contribution is 2.38. The van der Waals surface area contributed by atoms with Gasteiger partial charge in [0.2, 0.25) is 0 Å². The SMILES string of the molecule is Fc1cccc(Cl)c1Oc1cccc(F)c1OC1CCNCC1. The Balaban J connectivity index is 1.88. The zero-order valence-electron chi connectivity index (χ0n) is 12.3. The molecule has 6 heteroatoms. The van der Waals surface area contributed by atoms with Gasteiger partial charge in [-0.3, -0.25) is 0 Å². The molecule has 1 saturated heterocycles. The lowest BCUT2D eigenvalue weighted by atomic mass is 10.1. The van der Waals surface area contributed by atoms with E-state index in [0.29, 0.717) is 0 Å². The molecule has 0 amide bonds. The third-order valence-electron chi connectivity index (χ3n) is 3.63. The molecule has 1 heterocycles. The van der Waals surface area contributed by atoms with Crippen LogP contribution in [0, 0.1) is 11.6 Å². The van der Waals surface area contributed by atoms with Gasteiger partial charge in [0.25, 0.3) is 0 Å². The van der Waals surface area contributed by atoms with Crippen LogP contribution in [0.1, 0.15) is 12.8 Å². The summed E-state index contributed by atoms with van der Waals surface area (Å²) in [6.45, 7) is 1.63. The van der Waals surface area contributed by atoms with Crippen LogP contribution in [0.25, 0.3) is 0 Å². The van der Waals surface area contributed by atoms with Gasteiger partial charge in [-0.1, -0.05) is 23.7 Å². The summed E-state index contributed by atoms with van der Waals surface area (Å²) in [5.41, 5.74) is 0. The van der Waals surface area contributed by atoms with Crippen molar-refractivity contribution in [3.63, 3.8) is 0 Å². The van der Waals surface area contributed by atoms with E-state index >= 15 is 0 Å². The molecule has 0 saturated carbocycles. The molecule has 23 heavy (non-hydrogen) atoms. The second kappa shape index (κ2) is 7.15. The Labute approximate surface area is 138 Å². The van der Waals surface area contributed by atoms with Crippen molar-refractivity contribution in [2.24, 2.45) is 0 Å². The van der Waals surface area contributed by atoms with Gasteiger partial charge in [0.05, 0.1) is 5.02 Å². The van der Waals surface area contributed by atoms with Gasteiger partial charge < -0.3 is 14.8 Å². The maximum Gasteiger partial charge on any atom is 0.198 e. The van der Waals surface area contributed by atoms with E-state index < -0.39 is 11.6 Å². The van der Waals surface area contributed by atoms with Gasteiger partial charge in [0.1, 0.15) is 6.10 Å². The number of halogens is 3. The molecule has 0 bridgehead atoms. The molecular weight excluding hydrogens is 324 g/mol. The predicted octanol–water partition coefficient (Wildman–Crippen LogP) is 4.54. The number of rotatable bonds is 4. The zero-order chi connectivity index (χ0) is 16.2. The molecule has 0 spiro atoms. The minimum Gasteiger partial charge on any atom is -0.484 e. The van der Waals surface area contributed by atoms with E-state index in [1.807, 2.05) is 0 Å². The lowest BCUT2D eigenvalue weighted by Crippen LogP contribution is -2.34. The standard InChI is InChI=1S/C17H16ClF2NO2/c18-12-3-1-4-13(19)16(12)23-15-6-2-5-14(20)17(15)22-11-7-9-21-10-8-11/h1-6,11,21H,7-10H2. The fourth-order valence-corrected chi connectivity index (χ4v) is 2.66. The summed E-state index contributed by atoms with van der Waals surface area (Å²) >= 11 is 5.96. The van der Waals surface area contributed by atoms with E-state index in [1.165, 1.54) is 36.4 Å². The largest absolute Gasteiger partial charge is 0.484 e. The third-order valence-corrected chi connectivity index (χ3v) is 3.93. The van der Waals surface area contributed by atoms with Crippen molar-refractivity contribution in [3.8, 4) is 17.2 Å². The molecule has 1 fully saturated rings. The van der Waals surface area contributed by atoms with E-state index in [1.54, 1.807) is 0 Å². The molecule has 122 valence electrons. The van der Waals surface area contributed by atoms with Crippen LogP contribution < -0.4 is 14.8 Å². The van der Waals surface area contributed by atoms with E-state index in [9.17, 15) is 8.78 Å². The molecule has 0 unspecified atom stereocenters. The first-order valence-electron chi connectivity index (χ1n) is 7.43. The summed E-state index contributed by atoms with van der Waals surface area (Å²) in [5, 5.41) is 3.33. The van der Waals surface area contributed by atoms with Crippen LogP contribution in [-0.4, -0.2) is 19.2 Å². The second-order valence-corrected chi connectivity index (χ2v) is 5.69. The fraction of sp³-hybridized carbons (Fsp3) is 0.294. The molecule has 0 radical (unpaired) electrons. The Morgan fingerprint density at radius 1 is 0.957 bits per heavy atom. The van der Waals surface area contributed by atoms with Crippen LogP contribution >= 0.6 is 11.6 Å². The first-order chi connectivity index (χ1) is 11.1. The van der Waals surface area contributed by atoms with Crippen LogP contribution in [0.2, 0.25) is 5.02 Å². The third kappa shape index (κ3) is 3.74. The number of piperidine rings is 1. The van der Waals surface area contributed by atoms with Gasteiger partial charge in [-0.15, -0.1) is 0 Å². The quantitative estimate of drug-likeness (QED) is 0.887. The highest BCUT2D eigenvalue weighted by Gasteiger charge is 2.21. The lowest BCUT2D eigenvalue weighted by Gasteiger charge is -2.25. The van der Waals surface area contributed by atoms with Crippen LogP contribution in [0.5, 0.6) is 17.2 Å². The van der Waals surface area contributed by atoms with E-state index in [0.717, 1.165) is 25.9 Å². The molecule has 0 aromatic heterocycles. The van der Waals surface area contributed by atoms with Crippen molar-refractivity contribution in [1.29, 1.82) is 0 Å². The average molecular weight is 340 g/mol. The number of ether oxygens (including phenoxy) is 2. The van der Waals surface area contributed by atoms with Crippen molar-refractivity contribution in [3.05, 3.63) is 53.1 Å². The Morgan fingerprint density at radius 3 is 2.30 bits per heavy atom. The Hall–Kier alpha value is -1.85. The van der Waals surface area contributed by atoms with Gasteiger partial charge >= 0.3 is 0 Å². The first-order valence-corrected chi connectivity index (χ1v) is 7.80. The number of nitrogens with one attached hydrogen (secondary N) is 1. The highest BCUT2D eigenvalue weighted by atomic mass is 35.5. The molecule has 3 nitrogen and oxygen atoms in total. The fourth-order valence-electron chi connectivity index (χ4n) is 2.45. The van der Waals surface area contributed by atoms with Gasteiger partial charge in [0, 0.05) is 0 Å². The summed E-state index contributed by atoms with van der Waals surface area (Å²) < 4.78 is 39.3. The maximum absolute atomic E-state index is 14.2. The van der Waals surface area contributed by atoms with Gasteiger partial charge in [-0.2, -0.15) is 0 Å². The maximum atomic E-state index is 14.2. The number of para-hydroxylation sites is 2. The minimum absolute atomic E-state index is 0.0151. The van der Waals surface area contributed by atoms with Crippen LogP contribution in [0.3, 0.4) is 0 Å². The van der Waals surface area contributed by atoms with E-state index in [2.05, 4.69) is 5.32 Å². The molecule has 1 aliphatic heterocycles. The molecule has 0 aliphatic carbocycles. The molecule has 2 aromatic carbocycles. The molecule has 2 aromatic rings. The van der Waals surface area contributed by atoms with Crippen molar-refractivity contribution in [2.75, 3.05) is 13.1 Å². The number of hydrogen-bond acceptors (Lipinski definition) is 3. The molecule has 1 N–H and O–H groups in total. The van der Waals surface area contributed by atoms with Crippen LogP contribution in [-0.2, 0) is 0 Å². The van der Waals surface area contributed by atoms with Crippen molar-refractivity contribution >= 4 is 11.6 Å². The summed E-state index contributed by atoms with van der Waals surface area (Å²) in [6, 6.07) is 8.51. The predicted molar refractivity (Wildman–Crippen MR) is 84.4 cm³/mol. The van der Waals surface area contributed by atoms with Gasteiger partial charge in [-0.25, -0.2) is 8.78 Å². The van der Waals surface area contributed by atoms with Crippen molar-refractivity contribution < 1.29 is 18.3 Å². The molecule has 1 aliphatic rings. The minimum atomic E-state index is -0.616. The van der Waals surface area contributed by atoms with E-state index in [4.69, 9.17) is 21.1 Å². The monoisotopic (exact) mass is 339 g/mol.